The van der Waals surface area contributed by atoms with Gasteiger partial charge in [0.25, 0.3) is 0 Å². The summed E-state index contributed by atoms with van der Waals surface area (Å²) in [6.45, 7) is 2.64. The summed E-state index contributed by atoms with van der Waals surface area (Å²) in [6.07, 6.45) is 1.54. The van der Waals surface area contributed by atoms with Crippen molar-refractivity contribution in [2.24, 2.45) is 0 Å². The Hall–Kier alpha value is -1.59. The monoisotopic (exact) mass is 310 g/mol. The van der Waals surface area contributed by atoms with E-state index >= 15 is 0 Å². The number of halogens is 1. The van der Waals surface area contributed by atoms with Gasteiger partial charge in [-0.05, 0) is 37.1 Å². The highest BCUT2D eigenvalue weighted by molar-refractivity contribution is 7.16. The lowest BCUT2D eigenvalue weighted by Crippen LogP contribution is -2.08. The normalized spacial score (nSPS) is 10.5. The molecule has 2 heterocycles. The first-order valence-corrected chi connectivity index (χ1v) is 7.50. The zero-order valence-electron chi connectivity index (χ0n) is 11.0. The summed E-state index contributed by atoms with van der Waals surface area (Å²) in [7, 11) is 0. The maximum absolute atomic E-state index is 11.1. The number of aromatic nitrogens is 1. The molecule has 2 aromatic rings. The minimum atomic E-state index is -0.935. The lowest BCUT2D eigenvalue weighted by atomic mass is 10.2. The van der Waals surface area contributed by atoms with Crippen molar-refractivity contribution in [3.8, 4) is 0 Å². The molecule has 0 aromatic carbocycles. The van der Waals surface area contributed by atoms with Gasteiger partial charge in [-0.25, -0.2) is 9.78 Å². The van der Waals surface area contributed by atoms with E-state index in [1.54, 1.807) is 23.5 Å². The van der Waals surface area contributed by atoms with Gasteiger partial charge in [-0.3, -0.25) is 0 Å². The number of anilines is 1. The van der Waals surface area contributed by atoms with Crippen LogP contribution in [0.25, 0.3) is 0 Å². The van der Waals surface area contributed by atoms with Gasteiger partial charge >= 0.3 is 5.97 Å². The van der Waals surface area contributed by atoms with Gasteiger partial charge in [0, 0.05) is 17.1 Å². The van der Waals surface area contributed by atoms with Crippen molar-refractivity contribution in [3.05, 3.63) is 44.7 Å². The van der Waals surface area contributed by atoms with Gasteiger partial charge < -0.3 is 10.4 Å². The fourth-order valence-electron chi connectivity index (χ4n) is 1.78. The Morgan fingerprint density at radius 2 is 2.25 bits per heavy atom. The van der Waals surface area contributed by atoms with Gasteiger partial charge in [-0.2, -0.15) is 0 Å². The number of rotatable bonds is 6. The summed E-state index contributed by atoms with van der Waals surface area (Å²) in [5.74, 6) is -0.334. The first kappa shape index (κ1) is 14.8. The molecule has 2 rings (SSSR count). The number of nitrogens with one attached hydrogen (secondary N) is 1. The number of hydrogen-bond acceptors (Lipinski definition) is 4. The third-order valence-corrected chi connectivity index (χ3v) is 4.08. The van der Waals surface area contributed by atoms with Gasteiger partial charge in [0.2, 0.25) is 0 Å². The summed E-state index contributed by atoms with van der Waals surface area (Å²) in [6, 6.07) is 7.03. The molecule has 6 heteroatoms. The molecule has 0 atom stereocenters. The van der Waals surface area contributed by atoms with Crippen LogP contribution >= 0.6 is 22.9 Å². The molecular formula is C14H15ClN2O2S. The van der Waals surface area contributed by atoms with E-state index in [0.717, 1.165) is 16.5 Å². The number of carboxylic acid groups (broad SMARTS) is 1. The third kappa shape index (κ3) is 3.95. The summed E-state index contributed by atoms with van der Waals surface area (Å²) in [4.78, 5) is 16.6. The van der Waals surface area contributed by atoms with E-state index in [9.17, 15) is 4.79 Å². The number of carbonyl (C=O) groups is 1. The number of aromatic carboxylic acids is 1. The molecule has 0 bridgehead atoms. The Labute approximate surface area is 126 Å². The van der Waals surface area contributed by atoms with Crippen LogP contribution in [0.15, 0.2) is 24.3 Å². The average molecular weight is 311 g/mol. The maximum atomic E-state index is 11.1. The summed E-state index contributed by atoms with van der Waals surface area (Å²) >= 11 is 7.42. The van der Waals surface area contributed by atoms with E-state index in [1.165, 1.54) is 4.88 Å². The number of thiophene rings is 1. The van der Waals surface area contributed by atoms with Crippen LogP contribution in [-0.4, -0.2) is 22.6 Å². The Morgan fingerprint density at radius 3 is 2.85 bits per heavy atom. The largest absolute Gasteiger partial charge is 0.478 e. The number of carboxylic acids is 1. The van der Waals surface area contributed by atoms with Crippen molar-refractivity contribution in [3.63, 3.8) is 0 Å². The van der Waals surface area contributed by atoms with Crippen molar-refractivity contribution in [1.29, 1.82) is 0 Å². The molecule has 0 saturated carbocycles. The number of hydrogen-bond donors (Lipinski definition) is 2. The van der Waals surface area contributed by atoms with Crippen LogP contribution in [0.5, 0.6) is 0 Å². The third-order valence-electron chi connectivity index (χ3n) is 2.79. The predicted molar refractivity (Wildman–Crippen MR) is 82.1 cm³/mol. The number of pyridine rings is 1. The van der Waals surface area contributed by atoms with Crippen LogP contribution in [0.3, 0.4) is 0 Å². The molecule has 0 aliphatic carbocycles. The van der Waals surface area contributed by atoms with Gasteiger partial charge in [0.15, 0.2) is 0 Å². The molecule has 2 N–H and O–H groups in total. The Kier molecular flexibility index (Phi) is 4.98. The predicted octanol–water partition coefficient (Wildman–Crippen LogP) is 3.71. The van der Waals surface area contributed by atoms with Crippen molar-refractivity contribution in [2.75, 3.05) is 11.9 Å². The molecule has 2 aromatic heterocycles. The molecule has 0 amide bonds. The van der Waals surface area contributed by atoms with E-state index in [1.807, 2.05) is 19.1 Å². The molecule has 0 fully saturated rings. The molecule has 0 spiro atoms. The van der Waals surface area contributed by atoms with Crippen LogP contribution in [-0.2, 0) is 12.8 Å². The molecule has 0 aliphatic heterocycles. The molecular weight excluding hydrogens is 296 g/mol. The fraction of sp³-hybridized carbons (Fsp3) is 0.286. The Morgan fingerprint density at radius 1 is 1.45 bits per heavy atom. The molecule has 0 aliphatic rings. The van der Waals surface area contributed by atoms with E-state index in [4.69, 9.17) is 16.7 Å². The second kappa shape index (κ2) is 6.72. The topological polar surface area (TPSA) is 62.2 Å². The van der Waals surface area contributed by atoms with Crippen LogP contribution in [0.4, 0.5) is 5.82 Å². The molecule has 106 valence electrons. The van der Waals surface area contributed by atoms with E-state index in [0.29, 0.717) is 18.8 Å². The van der Waals surface area contributed by atoms with Crippen LogP contribution in [0.1, 0.15) is 27.9 Å². The lowest BCUT2D eigenvalue weighted by molar-refractivity contribution is 0.0696. The van der Waals surface area contributed by atoms with E-state index in [-0.39, 0.29) is 5.56 Å². The molecule has 0 radical (unpaired) electrons. The standard InChI is InChI=1S/C14H15ClN2O2S/c1-2-10-7-9(14(18)19)8-13(17-10)16-6-5-11-3-4-12(15)20-11/h3-4,7-8H,2,5-6H2,1H3,(H,16,17)(H,18,19). The van der Waals surface area contributed by atoms with E-state index < -0.39 is 5.97 Å². The first-order valence-electron chi connectivity index (χ1n) is 6.31. The summed E-state index contributed by atoms with van der Waals surface area (Å²) < 4.78 is 0.777. The molecule has 4 nitrogen and oxygen atoms in total. The van der Waals surface area contributed by atoms with Gasteiger partial charge in [0.05, 0.1) is 9.90 Å². The van der Waals surface area contributed by atoms with Crippen molar-refractivity contribution < 1.29 is 9.90 Å². The second-order valence-corrected chi connectivity index (χ2v) is 6.07. The highest BCUT2D eigenvalue weighted by Crippen LogP contribution is 2.21. The zero-order valence-corrected chi connectivity index (χ0v) is 12.6. The van der Waals surface area contributed by atoms with Crippen molar-refractivity contribution in [2.45, 2.75) is 19.8 Å². The second-order valence-electron chi connectivity index (χ2n) is 4.27. The molecule has 20 heavy (non-hydrogen) atoms. The Balaban J connectivity index is 2.01. The highest BCUT2D eigenvalue weighted by Gasteiger charge is 2.07. The van der Waals surface area contributed by atoms with Crippen LogP contribution in [0, 0.1) is 0 Å². The van der Waals surface area contributed by atoms with E-state index in [2.05, 4.69) is 10.3 Å². The minimum Gasteiger partial charge on any atom is -0.478 e. The van der Waals surface area contributed by atoms with Crippen LogP contribution < -0.4 is 5.32 Å². The van der Waals surface area contributed by atoms with Crippen molar-refractivity contribution >= 4 is 34.7 Å². The smallest absolute Gasteiger partial charge is 0.335 e. The zero-order chi connectivity index (χ0) is 14.5. The van der Waals surface area contributed by atoms with Crippen molar-refractivity contribution in [1.82, 2.24) is 4.98 Å². The number of nitrogens with zero attached hydrogens (tertiary/aromatic N) is 1. The van der Waals surface area contributed by atoms with Crippen LogP contribution in [0.2, 0.25) is 4.34 Å². The van der Waals surface area contributed by atoms with Gasteiger partial charge in [-0.15, -0.1) is 11.3 Å². The first-order chi connectivity index (χ1) is 9.58. The highest BCUT2D eigenvalue weighted by atomic mass is 35.5. The quantitative estimate of drug-likeness (QED) is 0.853. The Bertz CT molecular complexity index is 613. The lowest BCUT2D eigenvalue weighted by Gasteiger charge is -2.08. The van der Waals surface area contributed by atoms with Gasteiger partial charge in [-0.1, -0.05) is 18.5 Å². The summed E-state index contributed by atoms with van der Waals surface area (Å²) in [5, 5.41) is 12.2. The maximum Gasteiger partial charge on any atom is 0.335 e. The SMILES string of the molecule is CCc1cc(C(=O)O)cc(NCCc2ccc(Cl)s2)n1. The number of aryl methyl sites for hydroxylation is 1. The van der Waals surface area contributed by atoms with Gasteiger partial charge in [0.1, 0.15) is 5.82 Å². The molecule has 0 unspecified atom stereocenters. The minimum absolute atomic E-state index is 0.263. The summed E-state index contributed by atoms with van der Waals surface area (Å²) in [5.41, 5.74) is 1.03. The molecule has 0 saturated heterocycles. The average Bonchev–Trinajstić information content (AvgIpc) is 2.84. The fourth-order valence-corrected chi connectivity index (χ4v) is 2.87.